The van der Waals surface area contributed by atoms with Crippen molar-refractivity contribution in [3.63, 3.8) is 0 Å². The molecular weight excluding hydrogens is 260 g/mol. The van der Waals surface area contributed by atoms with Crippen molar-refractivity contribution in [2.75, 3.05) is 19.6 Å². The second-order valence-electron chi connectivity index (χ2n) is 5.88. The summed E-state index contributed by atoms with van der Waals surface area (Å²) in [4.78, 5) is 16.9. The molecule has 118 valence electrons. The van der Waals surface area contributed by atoms with E-state index in [0.29, 0.717) is 13.1 Å². The van der Waals surface area contributed by atoms with Crippen molar-refractivity contribution in [1.29, 1.82) is 0 Å². The van der Waals surface area contributed by atoms with E-state index in [1.807, 2.05) is 23.1 Å². The summed E-state index contributed by atoms with van der Waals surface area (Å²) < 4.78 is 0. The summed E-state index contributed by atoms with van der Waals surface area (Å²) in [5, 5.41) is 0. The van der Waals surface area contributed by atoms with Crippen molar-refractivity contribution >= 4 is 5.91 Å². The van der Waals surface area contributed by atoms with Gasteiger partial charge < -0.3 is 4.90 Å². The molecule has 0 N–H and O–H groups in total. The molecule has 0 radical (unpaired) electrons. The highest BCUT2D eigenvalue weighted by molar-refractivity contribution is 5.78. The second-order valence-corrected chi connectivity index (χ2v) is 5.88. The van der Waals surface area contributed by atoms with Crippen molar-refractivity contribution in [2.45, 2.75) is 53.1 Å². The molecule has 1 rings (SSSR count). The molecule has 1 amide bonds. The van der Waals surface area contributed by atoms with E-state index in [4.69, 9.17) is 0 Å². The number of carbonyl (C=O) groups is 1. The number of benzene rings is 1. The van der Waals surface area contributed by atoms with Gasteiger partial charge in [0.15, 0.2) is 0 Å². The summed E-state index contributed by atoms with van der Waals surface area (Å²) in [6.45, 7) is 11.7. The highest BCUT2D eigenvalue weighted by Crippen LogP contribution is 2.09. The molecule has 1 aromatic carbocycles. The number of nitrogens with zero attached hydrogens (tertiary/aromatic N) is 2. The van der Waals surface area contributed by atoms with Gasteiger partial charge in [0.05, 0.1) is 6.54 Å². The standard InChI is InChI=1S/C18H30N2O/c1-5-12-19(13-6-2)15-18(21)20(16(3)4)14-17-10-8-7-9-11-17/h7-11,16H,5-6,12-15H2,1-4H3. The van der Waals surface area contributed by atoms with E-state index < -0.39 is 0 Å². The van der Waals surface area contributed by atoms with Crippen LogP contribution in [0.4, 0.5) is 0 Å². The van der Waals surface area contributed by atoms with Crippen LogP contribution in [0.15, 0.2) is 30.3 Å². The summed E-state index contributed by atoms with van der Waals surface area (Å²) in [6.07, 6.45) is 2.18. The van der Waals surface area contributed by atoms with Gasteiger partial charge in [0.2, 0.25) is 5.91 Å². The highest BCUT2D eigenvalue weighted by Gasteiger charge is 2.19. The molecule has 0 unspecified atom stereocenters. The first-order valence-corrected chi connectivity index (χ1v) is 8.14. The molecular formula is C18H30N2O. The monoisotopic (exact) mass is 290 g/mol. The van der Waals surface area contributed by atoms with E-state index in [2.05, 4.69) is 44.7 Å². The minimum absolute atomic E-state index is 0.225. The second kappa shape index (κ2) is 9.56. The van der Waals surface area contributed by atoms with E-state index in [9.17, 15) is 4.79 Å². The molecule has 3 heteroatoms. The van der Waals surface area contributed by atoms with E-state index in [1.165, 1.54) is 5.56 Å². The fourth-order valence-electron chi connectivity index (χ4n) is 2.52. The molecule has 0 spiro atoms. The summed E-state index contributed by atoms with van der Waals surface area (Å²) in [7, 11) is 0. The fraction of sp³-hybridized carbons (Fsp3) is 0.611. The van der Waals surface area contributed by atoms with Crippen LogP contribution in [0, 0.1) is 0 Å². The maximum absolute atomic E-state index is 12.6. The zero-order valence-corrected chi connectivity index (χ0v) is 14.0. The van der Waals surface area contributed by atoms with Gasteiger partial charge in [-0.3, -0.25) is 9.69 Å². The molecule has 0 saturated heterocycles. The summed E-state index contributed by atoms with van der Waals surface area (Å²) in [5.41, 5.74) is 1.19. The molecule has 21 heavy (non-hydrogen) atoms. The van der Waals surface area contributed by atoms with Gasteiger partial charge in [-0.25, -0.2) is 0 Å². The van der Waals surface area contributed by atoms with Crippen LogP contribution < -0.4 is 0 Å². The van der Waals surface area contributed by atoms with Gasteiger partial charge in [-0.2, -0.15) is 0 Å². The zero-order chi connectivity index (χ0) is 15.7. The zero-order valence-electron chi connectivity index (χ0n) is 14.0. The first-order valence-electron chi connectivity index (χ1n) is 8.14. The number of hydrogen-bond donors (Lipinski definition) is 0. The average molecular weight is 290 g/mol. The Morgan fingerprint density at radius 2 is 1.62 bits per heavy atom. The molecule has 0 atom stereocenters. The van der Waals surface area contributed by atoms with Crippen molar-refractivity contribution in [1.82, 2.24) is 9.80 Å². The molecule has 0 fully saturated rings. The summed E-state index contributed by atoms with van der Waals surface area (Å²) in [6, 6.07) is 10.5. The van der Waals surface area contributed by atoms with E-state index in [1.54, 1.807) is 0 Å². The van der Waals surface area contributed by atoms with E-state index in [0.717, 1.165) is 25.9 Å². The molecule has 0 aromatic heterocycles. The lowest BCUT2D eigenvalue weighted by molar-refractivity contribution is -0.134. The first-order chi connectivity index (χ1) is 10.1. The number of rotatable bonds is 9. The van der Waals surface area contributed by atoms with E-state index >= 15 is 0 Å². The van der Waals surface area contributed by atoms with Crippen LogP contribution in [0.25, 0.3) is 0 Å². The molecule has 0 bridgehead atoms. The third-order valence-corrected chi connectivity index (χ3v) is 3.58. The normalized spacial score (nSPS) is 11.1. The smallest absolute Gasteiger partial charge is 0.237 e. The molecule has 3 nitrogen and oxygen atoms in total. The largest absolute Gasteiger partial charge is 0.335 e. The number of carbonyl (C=O) groups excluding carboxylic acids is 1. The molecule has 0 heterocycles. The van der Waals surface area contributed by atoms with Crippen molar-refractivity contribution in [3.05, 3.63) is 35.9 Å². The van der Waals surface area contributed by atoms with Gasteiger partial charge in [0.1, 0.15) is 0 Å². The third kappa shape index (κ3) is 6.30. The molecule has 0 aliphatic carbocycles. The quantitative estimate of drug-likeness (QED) is 0.694. The minimum Gasteiger partial charge on any atom is -0.335 e. The van der Waals surface area contributed by atoms with Crippen LogP contribution in [0.3, 0.4) is 0 Å². The van der Waals surface area contributed by atoms with Gasteiger partial charge in [0.25, 0.3) is 0 Å². The molecule has 0 aliphatic heterocycles. The van der Waals surface area contributed by atoms with Gasteiger partial charge in [0, 0.05) is 12.6 Å². The van der Waals surface area contributed by atoms with Crippen LogP contribution in [0.5, 0.6) is 0 Å². The Morgan fingerprint density at radius 3 is 2.10 bits per heavy atom. The van der Waals surface area contributed by atoms with E-state index in [-0.39, 0.29) is 11.9 Å². The van der Waals surface area contributed by atoms with Crippen molar-refractivity contribution in [3.8, 4) is 0 Å². The number of amides is 1. The average Bonchev–Trinajstić information content (AvgIpc) is 2.46. The van der Waals surface area contributed by atoms with Crippen molar-refractivity contribution in [2.24, 2.45) is 0 Å². The lowest BCUT2D eigenvalue weighted by Gasteiger charge is -2.30. The van der Waals surface area contributed by atoms with Crippen LogP contribution in [0.1, 0.15) is 46.1 Å². The first kappa shape index (κ1) is 17.7. The van der Waals surface area contributed by atoms with Gasteiger partial charge in [-0.05, 0) is 45.3 Å². The Balaban J connectivity index is 2.68. The van der Waals surface area contributed by atoms with Gasteiger partial charge in [-0.1, -0.05) is 44.2 Å². The SMILES string of the molecule is CCCN(CCC)CC(=O)N(Cc1ccccc1)C(C)C. The van der Waals surface area contributed by atoms with Crippen LogP contribution in [0.2, 0.25) is 0 Å². The maximum atomic E-state index is 12.6. The maximum Gasteiger partial charge on any atom is 0.237 e. The Kier molecular flexibility index (Phi) is 8.06. The van der Waals surface area contributed by atoms with Gasteiger partial charge in [-0.15, -0.1) is 0 Å². The summed E-state index contributed by atoms with van der Waals surface area (Å²) >= 11 is 0. The van der Waals surface area contributed by atoms with Crippen LogP contribution >= 0.6 is 0 Å². The molecule has 0 saturated carbocycles. The Bertz CT molecular complexity index is 397. The minimum atomic E-state index is 0.225. The Labute approximate surface area is 129 Å². The third-order valence-electron chi connectivity index (χ3n) is 3.58. The molecule has 0 aliphatic rings. The predicted octanol–water partition coefficient (Wildman–Crippen LogP) is 3.55. The molecule has 1 aromatic rings. The van der Waals surface area contributed by atoms with Crippen LogP contribution in [-0.4, -0.2) is 41.4 Å². The lowest BCUT2D eigenvalue weighted by Crippen LogP contribution is -2.43. The van der Waals surface area contributed by atoms with Crippen LogP contribution in [-0.2, 0) is 11.3 Å². The fourth-order valence-corrected chi connectivity index (χ4v) is 2.52. The Hall–Kier alpha value is -1.35. The number of hydrogen-bond acceptors (Lipinski definition) is 2. The Morgan fingerprint density at radius 1 is 1.05 bits per heavy atom. The summed E-state index contributed by atoms with van der Waals surface area (Å²) in [5.74, 6) is 0.232. The topological polar surface area (TPSA) is 23.6 Å². The van der Waals surface area contributed by atoms with Crippen molar-refractivity contribution < 1.29 is 4.79 Å². The van der Waals surface area contributed by atoms with Gasteiger partial charge >= 0.3 is 0 Å². The lowest BCUT2D eigenvalue weighted by atomic mass is 10.2. The predicted molar refractivity (Wildman–Crippen MR) is 89.2 cm³/mol. The highest BCUT2D eigenvalue weighted by atomic mass is 16.2.